The Morgan fingerprint density at radius 1 is 1.06 bits per heavy atom. The van der Waals surface area contributed by atoms with E-state index in [1.807, 2.05) is 0 Å². The fourth-order valence-corrected chi connectivity index (χ4v) is 4.37. The number of carbonyl (C=O) groups is 4. The Hall–Kier alpha value is -3.69. The first-order valence-electron chi connectivity index (χ1n) is 11.3. The third-order valence-corrected chi connectivity index (χ3v) is 6.21. The first-order chi connectivity index (χ1) is 16.5. The van der Waals surface area contributed by atoms with Crippen molar-refractivity contribution in [3.8, 4) is 0 Å². The van der Waals surface area contributed by atoms with Gasteiger partial charge in [-0.25, -0.2) is 0 Å². The van der Waals surface area contributed by atoms with Crippen molar-refractivity contribution in [1.29, 1.82) is 0 Å². The van der Waals surface area contributed by atoms with Crippen LogP contribution in [0.4, 0.5) is 13.2 Å². The highest BCUT2D eigenvalue weighted by Gasteiger charge is 2.36. The smallest absolute Gasteiger partial charge is 0.347 e. The summed E-state index contributed by atoms with van der Waals surface area (Å²) in [6, 6.07) is 8.65. The number of rotatable bonds is 7. The molecule has 4 amide bonds. The Kier molecular flexibility index (Phi) is 6.64. The minimum Gasteiger partial charge on any atom is -0.347 e. The fraction of sp³-hybridized carbons (Fsp3) is 0.360. The van der Waals surface area contributed by atoms with E-state index in [1.165, 1.54) is 17.0 Å². The van der Waals surface area contributed by atoms with Crippen molar-refractivity contribution >= 4 is 23.6 Å². The number of hydrogen-bond donors (Lipinski definition) is 1. The van der Waals surface area contributed by atoms with E-state index in [1.54, 1.807) is 25.1 Å². The highest BCUT2D eigenvalue weighted by molar-refractivity contribution is 6.21. The topological polar surface area (TPSA) is 86.8 Å². The average molecular weight is 487 g/mol. The lowest BCUT2D eigenvalue weighted by Crippen LogP contribution is -2.40. The van der Waals surface area contributed by atoms with Crippen LogP contribution in [0.2, 0.25) is 0 Å². The van der Waals surface area contributed by atoms with Crippen molar-refractivity contribution in [2.75, 3.05) is 19.6 Å². The van der Waals surface area contributed by atoms with Crippen molar-refractivity contribution < 1.29 is 32.3 Å². The first kappa shape index (κ1) is 24.4. The van der Waals surface area contributed by atoms with E-state index in [0.717, 1.165) is 22.6 Å². The van der Waals surface area contributed by atoms with Crippen molar-refractivity contribution in [3.63, 3.8) is 0 Å². The van der Waals surface area contributed by atoms with E-state index in [-0.39, 0.29) is 42.1 Å². The monoisotopic (exact) mass is 487 g/mol. The Balaban J connectivity index is 1.47. The molecule has 2 heterocycles. The summed E-state index contributed by atoms with van der Waals surface area (Å²) in [5.74, 6) is -1.65. The molecular weight excluding hydrogens is 463 g/mol. The van der Waals surface area contributed by atoms with Crippen molar-refractivity contribution in [2.24, 2.45) is 0 Å². The molecule has 0 spiro atoms. The predicted molar refractivity (Wildman–Crippen MR) is 119 cm³/mol. The number of imide groups is 1. The number of nitrogens with zero attached hydrogens (tertiary/aromatic N) is 2. The van der Waals surface area contributed by atoms with Crippen LogP contribution in [0.3, 0.4) is 0 Å². The number of fused-ring (bicyclic) bond motifs is 1. The van der Waals surface area contributed by atoms with Gasteiger partial charge in [-0.2, -0.15) is 13.2 Å². The van der Waals surface area contributed by atoms with Crippen molar-refractivity contribution in [2.45, 2.75) is 38.4 Å². The van der Waals surface area contributed by atoms with Crippen LogP contribution in [0, 0.1) is 6.92 Å². The molecule has 1 N–H and O–H groups in total. The van der Waals surface area contributed by atoms with Gasteiger partial charge in [-0.3, -0.25) is 24.1 Å². The normalized spacial score (nSPS) is 16.6. The second-order valence-corrected chi connectivity index (χ2v) is 8.75. The third kappa shape index (κ3) is 5.21. The number of alkyl halides is 3. The number of nitrogens with one attached hydrogen (secondary N) is 1. The highest BCUT2D eigenvalue weighted by atomic mass is 19.4. The summed E-state index contributed by atoms with van der Waals surface area (Å²) < 4.78 is 39.7. The molecular formula is C25H24F3N3O4. The molecule has 1 fully saturated rings. The van der Waals surface area contributed by atoms with E-state index in [4.69, 9.17) is 0 Å². The molecule has 35 heavy (non-hydrogen) atoms. The lowest BCUT2D eigenvalue weighted by atomic mass is 10.0. The highest BCUT2D eigenvalue weighted by Crippen LogP contribution is 2.31. The minimum absolute atomic E-state index is 0.0260. The molecule has 184 valence electrons. The molecule has 1 saturated heterocycles. The lowest BCUT2D eigenvalue weighted by molar-refractivity contribution is -0.137. The largest absolute Gasteiger partial charge is 0.416 e. The van der Waals surface area contributed by atoms with Gasteiger partial charge in [0, 0.05) is 32.5 Å². The fourth-order valence-electron chi connectivity index (χ4n) is 4.37. The van der Waals surface area contributed by atoms with Crippen LogP contribution in [0.25, 0.3) is 0 Å². The molecule has 1 unspecified atom stereocenters. The average Bonchev–Trinajstić information content (AvgIpc) is 3.31. The van der Waals surface area contributed by atoms with Gasteiger partial charge < -0.3 is 10.2 Å². The van der Waals surface area contributed by atoms with E-state index in [9.17, 15) is 32.3 Å². The number of amides is 4. The zero-order valence-electron chi connectivity index (χ0n) is 19.0. The van der Waals surface area contributed by atoms with Gasteiger partial charge in [0.2, 0.25) is 11.8 Å². The molecule has 2 aliphatic heterocycles. The van der Waals surface area contributed by atoms with Crippen LogP contribution < -0.4 is 5.32 Å². The summed E-state index contributed by atoms with van der Waals surface area (Å²) in [4.78, 5) is 52.6. The van der Waals surface area contributed by atoms with Crippen LogP contribution in [0.5, 0.6) is 0 Å². The molecule has 2 aromatic carbocycles. The van der Waals surface area contributed by atoms with Gasteiger partial charge in [0.15, 0.2) is 0 Å². The van der Waals surface area contributed by atoms with Gasteiger partial charge in [0.25, 0.3) is 11.8 Å². The van der Waals surface area contributed by atoms with Crippen LogP contribution in [-0.4, -0.2) is 53.1 Å². The Labute approximate surface area is 199 Å². The molecule has 0 bridgehead atoms. The summed E-state index contributed by atoms with van der Waals surface area (Å²) in [5.41, 5.74) is 0.734. The maximum atomic E-state index is 13.2. The van der Waals surface area contributed by atoms with Gasteiger partial charge in [0.05, 0.1) is 22.7 Å². The summed E-state index contributed by atoms with van der Waals surface area (Å²) in [6.45, 7) is 2.11. The molecule has 4 rings (SSSR count). The van der Waals surface area contributed by atoms with Gasteiger partial charge >= 0.3 is 6.18 Å². The van der Waals surface area contributed by atoms with Crippen molar-refractivity contribution in [1.82, 2.24) is 15.1 Å². The number of hydrogen-bond acceptors (Lipinski definition) is 4. The maximum Gasteiger partial charge on any atom is 0.416 e. The number of benzene rings is 2. The molecule has 10 heteroatoms. The van der Waals surface area contributed by atoms with Crippen LogP contribution in [0.15, 0.2) is 42.5 Å². The third-order valence-electron chi connectivity index (χ3n) is 6.21. The molecule has 0 aliphatic carbocycles. The van der Waals surface area contributed by atoms with E-state index < -0.39 is 35.5 Å². The molecule has 0 radical (unpaired) electrons. The second kappa shape index (κ2) is 9.52. The molecule has 7 nitrogen and oxygen atoms in total. The zero-order chi connectivity index (χ0) is 25.3. The van der Waals surface area contributed by atoms with Crippen LogP contribution >= 0.6 is 0 Å². The summed E-state index contributed by atoms with van der Waals surface area (Å²) in [6.07, 6.45) is -3.80. The number of likely N-dealkylation sites (tertiary alicyclic amines) is 1. The number of carbonyl (C=O) groups excluding carboxylic acids is 4. The quantitative estimate of drug-likeness (QED) is 0.606. The minimum atomic E-state index is -4.56. The predicted octanol–water partition coefficient (Wildman–Crippen LogP) is 3.48. The summed E-state index contributed by atoms with van der Waals surface area (Å²) in [5, 5.41) is 2.69. The lowest BCUT2D eigenvalue weighted by Gasteiger charge is -2.26. The standard InChI is InChI=1S/C25H24F3N3O4/c1-15-7-8-18-19(12-15)24(35)31(23(18)34)11-9-21(32)29-20(14-30-10-3-6-22(30)33)16-4-2-5-17(13-16)25(26,27)28/h2,4-5,7-8,12-13,20H,3,6,9-11,14H2,1H3,(H,29,32). The van der Waals surface area contributed by atoms with Crippen LogP contribution in [0.1, 0.15) is 62.7 Å². The molecule has 1 atom stereocenters. The Bertz CT molecular complexity index is 1190. The first-order valence-corrected chi connectivity index (χ1v) is 11.3. The van der Waals surface area contributed by atoms with Gasteiger partial charge in [-0.05, 0) is 43.2 Å². The van der Waals surface area contributed by atoms with Crippen LogP contribution in [-0.2, 0) is 15.8 Å². The molecule has 2 aromatic rings. The SMILES string of the molecule is Cc1ccc2c(c1)C(=O)N(CCC(=O)NC(CN1CCCC1=O)c1cccc(C(F)(F)F)c1)C2=O. The van der Waals surface area contributed by atoms with E-state index >= 15 is 0 Å². The van der Waals surface area contributed by atoms with Gasteiger partial charge in [0.1, 0.15) is 0 Å². The van der Waals surface area contributed by atoms with E-state index in [0.29, 0.717) is 19.4 Å². The number of halogens is 3. The van der Waals surface area contributed by atoms with Gasteiger partial charge in [-0.1, -0.05) is 23.8 Å². The van der Waals surface area contributed by atoms with Crippen molar-refractivity contribution in [3.05, 3.63) is 70.3 Å². The molecule has 0 aromatic heterocycles. The maximum absolute atomic E-state index is 13.2. The second-order valence-electron chi connectivity index (χ2n) is 8.75. The summed E-state index contributed by atoms with van der Waals surface area (Å²) >= 11 is 0. The van der Waals surface area contributed by atoms with E-state index in [2.05, 4.69) is 5.32 Å². The summed E-state index contributed by atoms with van der Waals surface area (Å²) in [7, 11) is 0. The molecule has 0 saturated carbocycles. The van der Waals surface area contributed by atoms with Gasteiger partial charge in [-0.15, -0.1) is 0 Å². The zero-order valence-corrected chi connectivity index (χ0v) is 19.0. The Morgan fingerprint density at radius 2 is 1.80 bits per heavy atom. The number of aryl methyl sites for hydroxylation is 1. The molecule has 2 aliphatic rings. The Morgan fingerprint density at radius 3 is 2.49 bits per heavy atom.